The van der Waals surface area contributed by atoms with E-state index in [1.54, 1.807) is 13.2 Å². The first kappa shape index (κ1) is 24.5. The topological polar surface area (TPSA) is 53.1 Å². The molecule has 1 fully saturated rings. The molecule has 2 aliphatic rings. The van der Waals surface area contributed by atoms with Gasteiger partial charge in [0.1, 0.15) is 5.75 Å². The van der Waals surface area contributed by atoms with Gasteiger partial charge in [0, 0.05) is 55.6 Å². The summed E-state index contributed by atoms with van der Waals surface area (Å²) in [5.74, 6) is 0.820. The van der Waals surface area contributed by atoms with E-state index >= 15 is 0 Å². The second-order valence-corrected chi connectivity index (χ2v) is 10.6. The Morgan fingerprint density at radius 2 is 1.86 bits per heavy atom. The Kier molecular flexibility index (Phi) is 7.39. The quantitative estimate of drug-likeness (QED) is 0.498. The van der Waals surface area contributed by atoms with Crippen LogP contribution in [0.5, 0.6) is 5.75 Å². The Balaban J connectivity index is 1.20. The number of amides is 2. The van der Waals surface area contributed by atoms with Gasteiger partial charge < -0.3 is 14.5 Å². The molecule has 3 aromatic rings. The normalized spacial score (nSPS) is 20.2. The number of ether oxygens (including phenoxy) is 1. The lowest BCUT2D eigenvalue weighted by atomic mass is 9.93. The van der Waals surface area contributed by atoms with E-state index in [1.807, 2.05) is 46.3 Å². The molecule has 0 saturated carbocycles. The molecule has 1 aromatic heterocycles. The number of rotatable bonds is 6. The summed E-state index contributed by atoms with van der Waals surface area (Å²) in [6.45, 7) is 5.37. The third kappa shape index (κ3) is 5.04. The first-order valence-electron chi connectivity index (χ1n) is 12.6. The van der Waals surface area contributed by atoms with E-state index in [0.29, 0.717) is 37.4 Å². The molecule has 0 aliphatic carbocycles. The van der Waals surface area contributed by atoms with Gasteiger partial charge in [-0.25, -0.2) is 0 Å². The van der Waals surface area contributed by atoms with E-state index in [2.05, 4.69) is 46.7 Å². The van der Waals surface area contributed by atoms with Crippen molar-refractivity contribution in [2.45, 2.75) is 31.8 Å². The van der Waals surface area contributed by atoms with Gasteiger partial charge in [0.25, 0.3) is 5.91 Å². The summed E-state index contributed by atoms with van der Waals surface area (Å²) in [5.41, 5.74) is 3.27. The number of fused-ring (bicyclic) bond motifs is 1. The number of methoxy groups -OCH3 is 1. The monoisotopic (exact) mass is 503 g/mol. The number of thiophene rings is 1. The average Bonchev–Trinajstić information content (AvgIpc) is 3.40. The number of carbonyl (C=O) groups excluding carboxylic acids is 2. The van der Waals surface area contributed by atoms with Gasteiger partial charge in [-0.1, -0.05) is 36.4 Å². The largest absolute Gasteiger partial charge is 0.497 e. The van der Waals surface area contributed by atoms with Crippen LogP contribution in [0.1, 0.15) is 45.7 Å². The van der Waals surface area contributed by atoms with Gasteiger partial charge in [0.15, 0.2) is 0 Å². The predicted molar refractivity (Wildman–Crippen MR) is 143 cm³/mol. The van der Waals surface area contributed by atoms with Crippen molar-refractivity contribution in [3.05, 3.63) is 87.6 Å². The average molecular weight is 504 g/mol. The summed E-state index contributed by atoms with van der Waals surface area (Å²) >= 11 is 1.83. The molecule has 1 saturated heterocycles. The highest BCUT2D eigenvalue weighted by Crippen LogP contribution is 2.37. The van der Waals surface area contributed by atoms with Crippen molar-refractivity contribution in [2.75, 3.05) is 39.8 Å². The van der Waals surface area contributed by atoms with Crippen molar-refractivity contribution < 1.29 is 14.3 Å². The van der Waals surface area contributed by atoms with Gasteiger partial charge in [0.05, 0.1) is 13.2 Å². The van der Waals surface area contributed by atoms with E-state index in [4.69, 9.17) is 4.74 Å². The molecular formula is C29H33N3O3S. The molecule has 0 bridgehead atoms. The van der Waals surface area contributed by atoms with E-state index < -0.39 is 0 Å². The molecule has 0 spiro atoms. The molecule has 0 radical (unpaired) electrons. The third-order valence-electron chi connectivity index (χ3n) is 7.35. The highest BCUT2D eigenvalue weighted by Gasteiger charge is 2.32. The number of benzene rings is 2. The van der Waals surface area contributed by atoms with E-state index in [-0.39, 0.29) is 23.9 Å². The molecule has 188 valence electrons. The maximum Gasteiger partial charge on any atom is 0.254 e. The van der Waals surface area contributed by atoms with Crippen molar-refractivity contribution in [3.8, 4) is 5.75 Å². The fourth-order valence-electron chi connectivity index (χ4n) is 5.44. The summed E-state index contributed by atoms with van der Waals surface area (Å²) in [6.07, 6.45) is 1.52. The molecule has 7 heteroatoms. The molecule has 2 amide bonds. The van der Waals surface area contributed by atoms with Crippen LogP contribution in [0.4, 0.5) is 0 Å². The van der Waals surface area contributed by atoms with Crippen LogP contribution in [-0.2, 0) is 11.2 Å². The van der Waals surface area contributed by atoms with E-state index in [0.717, 1.165) is 19.5 Å². The SMILES string of the molecule is COc1cccc(C(=O)N2CCN(C(=O)CCN3CCc4sccc4[C@@H]3c3ccccc3)C[C@H]2C)c1. The van der Waals surface area contributed by atoms with E-state index in [1.165, 1.54) is 16.0 Å². The molecule has 2 aromatic carbocycles. The molecule has 2 aliphatic heterocycles. The lowest BCUT2D eigenvalue weighted by Gasteiger charge is -2.41. The Labute approximate surface area is 217 Å². The number of carbonyl (C=O) groups is 2. The summed E-state index contributed by atoms with van der Waals surface area (Å²) < 4.78 is 5.27. The molecular weight excluding hydrogens is 470 g/mol. The Morgan fingerprint density at radius 3 is 2.64 bits per heavy atom. The third-order valence-corrected chi connectivity index (χ3v) is 8.35. The van der Waals surface area contributed by atoms with Gasteiger partial charge in [-0.2, -0.15) is 0 Å². The van der Waals surface area contributed by atoms with Crippen LogP contribution < -0.4 is 4.74 Å². The standard InChI is InChI=1S/C29H33N3O3S/c1-21-20-31(16-17-32(21)29(34)23-9-6-10-24(19-23)35-2)27(33)12-15-30-14-11-26-25(13-18-36-26)28(30)22-7-4-3-5-8-22/h3-10,13,18-19,21,28H,11-12,14-17,20H2,1-2H3/t21-,28+/m1/s1. The Bertz CT molecular complexity index is 1210. The van der Waals surface area contributed by atoms with Gasteiger partial charge in [-0.05, 0) is 54.1 Å². The van der Waals surface area contributed by atoms with Gasteiger partial charge in [0.2, 0.25) is 5.91 Å². The molecule has 2 atom stereocenters. The zero-order valence-corrected chi connectivity index (χ0v) is 21.7. The number of nitrogens with zero attached hydrogens (tertiary/aromatic N) is 3. The molecule has 6 nitrogen and oxygen atoms in total. The van der Waals surface area contributed by atoms with Crippen molar-refractivity contribution >= 4 is 23.2 Å². The minimum absolute atomic E-state index is 0.0147. The number of hydrogen-bond donors (Lipinski definition) is 0. The van der Waals surface area contributed by atoms with Crippen LogP contribution in [0.25, 0.3) is 0 Å². The summed E-state index contributed by atoms with van der Waals surface area (Å²) in [6, 6.07) is 20.3. The Morgan fingerprint density at radius 1 is 1.03 bits per heavy atom. The lowest BCUT2D eigenvalue weighted by Crippen LogP contribution is -2.55. The predicted octanol–water partition coefficient (Wildman–Crippen LogP) is 4.47. The van der Waals surface area contributed by atoms with Gasteiger partial charge in [-0.3, -0.25) is 14.5 Å². The van der Waals surface area contributed by atoms with Crippen LogP contribution >= 0.6 is 11.3 Å². The molecule has 5 rings (SSSR count). The first-order valence-corrected chi connectivity index (χ1v) is 13.5. The summed E-state index contributed by atoms with van der Waals surface area (Å²) in [7, 11) is 1.60. The maximum absolute atomic E-state index is 13.2. The number of piperazine rings is 1. The van der Waals surface area contributed by atoms with Crippen LogP contribution in [0.2, 0.25) is 0 Å². The van der Waals surface area contributed by atoms with Crippen LogP contribution in [-0.4, -0.2) is 72.4 Å². The van der Waals surface area contributed by atoms with E-state index in [9.17, 15) is 9.59 Å². The molecule has 36 heavy (non-hydrogen) atoms. The van der Waals surface area contributed by atoms with Gasteiger partial charge >= 0.3 is 0 Å². The molecule has 0 unspecified atom stereocenters. The zero-order chi connectivity index (χ0) is 25.1. The van der Waals surface area contributed by atoms with Crippen LogP contribution in [0, 0.1) is 0 Å². The van der Waals surface area contributed by atoms with Crippen LogP contribution in [0.15, 0.2) is 66.0 Å². The second-order valence-electron chi connectivity index (χ2n) is 9.57. The number of hydrogen-bond acceptors (Lipinski definition) is 5. The minimum atomic E-state index is -0.0400. The fourth-order valence-corrected chi connectivity index (χ4v) is 6.34. The summed E-state index contributed by atoms with van der Waals surface area (Å²) in [5, 5.41) is 2.18. The Hall–Kier alpha value is -3.16. The maximum atomic E-state index is 13.2. The highest BCUT2D eigenvalue weighted by atomic mass is 32.1. The summed E-state index contributed by atoms with van der Waals surface area (Å²) in [4.78, 5) is 34.0. The fraction of sp³-hybridized carbons (Fsp3) is 0.379. The van der Waals surface area contributed by atoms with Crippen molar-refractivity contribution in [3.63, 3.8) is 0 Å². The van der Waals surface area contributed by atoms with Crippen molar-refractivity contribution in [1.82, 2.24) is 14.7 Å². The lowest BCUT2D eigenvalue weighted by molar-refractivity contribution is -0.134. The highest BCUT2D eigenvalue weighted by molar-refractivity contribution is 7.10. The van der Waals surface area contributed by atoms with Crippen molar-refractivity contribution in [2.24, 2.45) is 0 Å². The van der Waals surface area contributed by atoms with Crippen molar-refractivity contribution in [1.29, 1.82) is 0 Å². The zero-order valence-electron chi connectivity index (χ0n) is 20.9. The second kappa shape index (κ2) is 10.8. The smallest absolute Gasteiger partial charge is 0.254 e. The van der Waals surface area contributed by atoms with Gasteiger partial charge in [-0.15, -0.1) is 11.3 Å². The molecule has 0 N–H and O–H groups in total. The first-order chi connectivity index (χ1) is 17.5. The van der Waals surface area contributed by atoms with Crippen LogP contribution in [0.3, 0.4) is 0 Å². The molecule has 3 heterocycles. The minimum Gasteiger partial charge on any atom is -0.497 e.